The first-order valence-electron chi connectivity index (χ1n) is 9.75. The summed E-state index contributed by atoms with van der Waals surface area (Å²) in [7, 11) is -9.01. The van der Waals surface area contributed by atoms with Gasteiger partial charge >= 0.3 is 191 Å². The Morgan fingerprint density at radius 3 is 2.27 bits per heavy atom. The third kappa shape index (κ3) is 6.29. The van der Waals surface area contributed by atoms with E-state index in [0.717, 1.165) is 34.1 Å². The van der Waals surface area contributed by atoms with Crippen LogP contribution in [0.3, 0.4) is 0 Å². The number of nitrogen functional groups attached to an aromatic ring is 1. The maximum absolute atomic E-state index is 10.7. The Bertz CT molecular complexity index is 938. The van der Waals surface area contributed by atoms with Gasteiger partial charge in [-0.25, -0.2) is 0 Å². The molecule has 1 aliphatic rings. The van der Waals surface area contributed by atoms with Gasteiger partial charge in [0, 0.05) is 0 Å². The summed E-state index contributed by atoms with van der Waals surface area (Å²) in [6.07, 6.45) is 1.93. The molecule has 0 aliphatic carbocycles. The zero-order valence-electron chi connectivity index (χ0n) is 18.5. The molecule has 2 aromatic rings. The first kappa shape index (κ1) is 26.9. The van der Waals surface area contributed by atoms with E-state index in [4.69, 9.17) is 41.7 Å². The first-order chi connectivity index (χ1) is 15.6. The Labute approximate surface area is 191 Å². The second-order valence-corrected chi connectivity index (χ2v) is 13.6. The number of ether oxygens (including phenoxy) is 1. The maximum atomic E-state index is 10.7. The van der Waals surface area contributed by atoms with Crippen molar-refractivity contribution < 1.29 is 50.7 Å². The van der Waals surface area contributed by atoms with Crippen LogP contribution in [0.4, 0.5) is 5.82 Å². The van der Waals surface area contributed by atoms with Crippen LogP contribution in [0.1, 0.15) is 24.6 Å². The number of nitrogens with zero attached hydrogens (tertiary/aromatic N) is 3. The van der Waals surface area contributed by atoms with Crippen LogP contribution in [0, 0.1) is 0 Å². The van der Waals surface area contributed by atoms with Crippen molar-refractivity contribution in [2.45, 2.75) is 25.0 Å². The minimum atomic E-state index is -4.67. The molecule has 1 saturated heterocycles. The molecular weight excluding hydrogens is 505 g/mol. The van der Waals surface area contributed by atoms with E-state index in [1.54, 1.807) is 4.52 Å². The molecule has 0 amide bonds. The molecule has 0 saturated carbocycles. The molecule has 0 bridgehead atoms. The standard InChI is InChI=1S/C15H31N4O11P3/c1-23-31(20,24-2)29-33(22,26-4)30-32(21,25-3)27-9-11-5-8-14(28-11)12-6-7-13-15(16)17-10-18-19(12)13/h6-7,10-11,14,20-22,31-33H,5,8-9H2,1-4H3,(H2,16,17,18). The van der Waals surface area contributed by atoms with Crippen molar-refractivity contribution in [1.82, 2.24) is 14.6 Å². The molecule has 15 nitrogen and oxygen atoms in total. The summed E-state index contributed by atoms with van der Waals surface area (Å²) >= 11 is 0. The molecule has 5 N–H and O–H groups in total. The molecule has 1 fully saturated rings. The van der Waals surface area contributed by atoms with Crippen molar-refractivity contribution in [1.29, 1.82) is 0 Å². The Hall–Kier alpha value is -0.730. The first-order valence-corrected chi connectivity index (χ1v) is 14.8. The summed E-state index contributed by atoms with van der Waals surface area (Å²) in [6, 6.07) is 3.67. The van der Waals surface area contributed by atoms with E-state index in [1.165, 1.54) is 6.33 Å². The number of fused-ring (bicyclic) bond motifs is 1. The number of nitrogens with two attached hydrogens (primary N) is 1. The van der Waals surface area contributed by atoms with Gasteiger partial charge < -0.3 is 0 Å². The third-order valence-electron chi connectivity index (χ3n) is 4.95. The Kier molecular flexibility index (Phi) is 8.87. The molecule has 33 heavy (non-hydrogen) atoms. The van der Waals surface area contributed by atoms with Crippen LogP contribution in [-0.2, 0) is 36.0 Å². The van der Waals surface area contributed by atoms with Gasteiger partial charge in [0.15, 0.2) is 0 Å². The average Bonchev–Trinajstić information content (AvgIpc) is 3.45. The fraction of sp³-hybridized carbons (Fsp3) is 0.600. The van der Waals surface area contributed by atoms with E-state index < -0.39 is 30.6 Å². The molecule has 18 heteroatoms. The number of hydrogen-bond acceptors (Lipinski definition) is 14. The van der Waals surface area contributed by atoms with Gasteiger partial charge in [-0.3, -0.25) is 0 Å². The molecular formula is C15H31N4O11P3. The van der Waals surface area contributed by atoms with E-state index in [-0.39, 0.29) is 12.7 Å². The molecule has 3 rings (SSSR count). The van der Waals surface area contributed by atoms with Gasteiger partial charge in [-0.2, -0.15) is 0 Å². The fourth-order valence-corrected chi connectivity index (χ4v) is 8.92. The van der Waals surface area contributed by atoms with Crippen molar-refractivity contribution in [3.63, 3.8) is 0 Å². The van der Waals surface area contributed by atoms with E-state index in [9.17, 15) is 14.7 Å². The van der Waals surface area contributed by atoms with Crippen molar-refractivity contribution in [2.24, 2.45) is 0 Å². The summed E-state index contributed by atoms with van der Waals surface area (Å²) in [4.78, 5) is 35.2. The number of anilines is 1. The zero-order chi connectivity index (χ0) is 24.3. The summed E-state index contributed by atoms with van der Waals surface area (Å²) in [6.45, 7) is -0.113. The number of aromatic nitrogens is 3. The fourth-order valence-electron chi connectivity index (χ4n) is 3.19. The quantitative estimate of drug-likeness (QED) is 0.284. The third-order valence-corrected chi connectivity index (χ3v) is 11.7. The van der Waals surface area contributed by atoms with E-state index in [2.05, 4.69) is 10.1 Å². The van der Waals surface area contributed by atoms with Gasteiger partial charge in [0.2, 0.25) is 0 Å². The molecule has 192 valence electrons. The van der Waals surface area contributed by atoms with Gasteiger partial charge in [0.25, 0.3) is 0 Å². The molecule has 2 aromatic heterocycles. The summed E-state index contributed by atoms with van der Waals surface area (Å²) in [5, 5.41) is 4.22. The van der Waals surface area contributed by atoms with Gasteiger partial charge in [-0.05, 0) is 0 Å². The normalized spacial score (nSPS) is 21.5. The van der Waals surface area contributed by atoms with Crippen LogP contribution >= 0.6 is 24.5 Å². The second-order valence-electron chi connectivity index (χ2n) is 6.93. The zero-order valence-corrected chi connectivity index (χ0v) is 21.5. The van der Waals surface area contributed by atoms with Crippen molar-refractivity contribution in [3.8, 4) is 0 Å². The predicted molar refractivity (Wildman–Crippen MR) is 122 cm³/mol. The molecule has 0 aromatic carbocycles. The van der Waals surface area contributed by atoms with E-state index in [1.807, 2.05) is 12.1 Å². The number of hydrogen-bond donors (Lipinski definition) is 4. The SMILES string of the molecule is CO[PH](O)(OC)O[PH](O)(OC)O[PH](O)(OC)OCC1CCC(c2ccc3c(N)ncnn23)O1. The van der Waals surface area contributed by atoms with Crippen LogP contribution in [0.2, 0.25) is 0 Å². The second kappa shape index (κ2) is 10.9. The Balaban J connectivity index is 1.62. The predicted octanol–water partition coefficient (Wildman–Crippen LogP) is 1.37. The number of rotatable bonds is 12. The van der Waals surface area contributed by atoms with Gasteiger partial charge in [0.05, 0.1) is 0 Å². The van der Waals surface area contributed by atoms with E-state index >= 15 is 0 Å². The van der Waals surface area contributed by atoms with Crippen molar-refractivity contribution >= 4 is 35.8 Å². The Morgan fingerprint density at radius 2 is 1.64 bits per heavy atom. The van der Waals surface area contributed by atoms with Crippen molar-refractivity contribution in [3.05, 3.63) is 24.2 Å². The monoisotopic (exact) mass is 536 g/mol. The molecule has 3 heterocycles. The van der Waals surface area contributed by atoms with E-state index in [0.29, 0.717) is 24.2 Å². The minimum absolute atomic E-state index is 0.113. The summed E-state index contributed by atoms with van der Waals surface area (Å²) < 4.78 is 42.6. The molecule has 1 aliphatic heterocycles. The molecule has 0 spiro atoms. The van der Waals surface area contributed by atoms with Crippen molar-refractivity contribution in [2.75, 3.05) is 40.8 Å². The van der Waals surface area contributed by atoms with Crippen LogP contribution in [-0.4, -0.2) is 70.4 Å². The van der Waals surface area contributed by atoms with Crippen LogP contribution in [0.15, 0.2) is 18.5 Å². The topological polar surface area (TPSA) is 191 Å². The van der Waals surface area contributed by atoms with Gasteiger partial charge in [0.1, 0.15) is 0 Å². The van der Waals surface area contributed by atoms with Crippen LogP contribution in [0.5, 0.6) is 0 Å². The van der Waals surface area contributed by atoms with Gasteiger partial charge in [-0.1, -0.05) is 0 Å². The summed E-state index contributed by atoms with van der Waals surface area (Å²) in [5.74, 6) is 0.358. The molecule has 2 unspecified atom stereocenters. The molecule has 2 atom stereocenters. The van der Waals surface area contributed by atoms with Crippen LogP contribution in [0.25, 0.3) is 5.52 Å². The Morgan fingerprint density at radius 1 is 1.00 bits per heavy atom. The summed E-state index contributed by atoms with van der Waals surface area (Å²) in [5.41, 5.74) is 7.35. The van der Waals surface area contributed by atoms with Gasteiger partial charge in [-0.15, -0.1) is 0 Å². The average molecular weight is 536 g/mol. The van der Waals surface area contributed by atoms with Crippen LogP contribution < -0.4 is 5.73 Å². The molecule has 0 radical (unpaired) electrons.